The number of carbonyl (C=O) groups excluding carboxylic acids is 1. The van der Waals surface area contributed by atoms with Crippen LogP contribution >= 0.6 is 0 Å². The minimum absolute atomic E-state index is 0.00788. The van der Waals surface area contributed by atoms with Crippen LogP contribution in [0.2, 0.25) is 0 Å². The van der Waals surface area contributed by atoms with Crippen LogP contribution in [0.3, 0.4) is 0 Å². The SMILES string of the molecule is C=CCCC(=O)[C@H]1C[C@H]2O[C@@H]1c1ccccc12. The van der Waals surface area contributed by atoms with Gasteiger partial charge in [-0.15, -0.1) is 6.58 Å². The maximum atomic E-state index is 12.1. The maximum absolute atomic E-state index is 12.1. The zero-order chi connectivity index (χ0) is 11.8. The molecule has 3 atom stereocenters. The number of rotatable bonds is 4. The van der Waals surface area contributed by atoms with Gasteiger partial charge in [0.05, 0.1) is 18.1 Å². The first-order chi connectivity index (χ1) is 8.31. The van der Waals surface area contributed by atoms with Gasteiger partial charge in [-0.05, 0) is 24.0 Å². The Morgan fingerprint density at radius 1 is 1.41 bits per heavy atom. The van der Waals surface area contributed by atoms with Crippen LogP contribution in [0.15, 0.2) is 36.9 Å². The van der Waals surface area contributed by atoms with Gasteiger partial charge in [0.15, 0.2) is 0 Å². The molecule has 17 heavy (non-hydrogen) atoms. The molecule has 0 unspecified atom stereocenters. The summed E-state index contributed by atoms with van der Waals surface area (Å²) in [6.45, 7) is 3.66. The highest BCUT2D eigenvalue weighted by Crippen LogP contribution is 2.54. The summed E-state index contributed by atoms with van der Waals surface area (Å²) in [5.74, 6) is 0.391. The van der Waals surface area contributed by atoms with Crippen molar-refractivity contribution >= 4 is 5.78 Å². The lowest BCUT2D eigenvalue weighted by Crippen LogP contribution is -2.20. The summed E-state index contributed by atoms with van der Waals surface area (Å²) in [5, 5.41) is 0. The van der Waals surface area contributed by atoms with Crippen molar-refractivity contribution < 1.29 is 9.53 Å². The van der Waals surface area contributed by atoms with Crippen molar-refractivity contribution in [3.63, 3.8) is 0 Å². The molecule has 2 aliphatic heterocycles. The largest absolute Gasteiger partial charge is 0.365 e. The third kappa shape index (κ3) is 1.64. The summed E-state index contributed by atoms with van der Waals surface area (Å²) >= 11 is 0. The number of fused-ring (bicyclic) bond motifs is 5. The highest BCUT2D eigenvalue weighted by atomic mass is 16.5. The van der Waals surface area contributed by atoms with Crippen molar-refractivity contribution in [3.8, 4) is 0 Å². The van der Waals surface area contributed by atoms with E-state index in [1.54, 1.807) is 6.08 Å². The van der Waals surface area contributed by atoms with Crippen molar-refractivity contribution in [1.29, 1.82) is 0 Å². The van der Waals surface area contributed by atoms with Crippen LogP contribution in [-0.4, -0.2) is 5.78 Å². The van der Waals surface area contributed by atoms with Gasteiger partial charge in [0.1, 0.15) is 5.78 Å². The van der Waals surface area contributed by atoms with Gasteiger partial charge in [-0.3, -0.25) is 4.79 Å². The first-order valence-electron chi connectivity index (χ1n) is 6.19. The molecular formula is C15H16O2. The van der Waals surface area contributed by atoms with Crippen molar-refractivity contribution in [2.45, 2.75) is 31.5 Å². The van der Waals surface area contributed by atoms with Crippen LogP contribution in [0.5, 0.6) is 0 Å². The van der Waals surface area contributed by atoms with Gasteiger partial charge in [-0.25, -0.2) is 0 Å². The smallest absolute Gasteiger partial charge is 0.139 e. The van der Waals surface area contributed by atoms with Crippen LogP contribution < -0.4 is 0 Å². The van der Waals surface area contributed by atoms with Crippen molar-refractivity contribution in [2.24, 2.45) is 5.92 Å². The molecule has 0 N–H and O–H groups in total. The van der Waals surface area contributed by atoms with E-state index in [4.69, 9.17) is 4.74 Å². The molecule has 2 nitrogen and oxygen atoms in total. The molecule has 2 heteroatoms. The number of carbonyl (C=O) groups is 1. The summed E-state index contributed by atoms with van der Waals surface area (Å²) in [6, 6.07) is 8.27. The molecule has 1 aromatic rings. The molecule has 2 bridgehead atoms. The lowest BCUT2D eigenvalue weighted by molar-refractivity contribution is -0.124. The number of ketones is 1. The zero-order valence-corrected chi connectivity index (χ0v) is 9.76. The lowest BCUT2D eigenvalue weighted by atomic mass is 9.81. The fourth-order valence-electron chi connectivity index (χ4n) is 2.97. The van der Waals surface area contributed by atoms with E-state index in [1.165, 1.54) is 11.1 Å². The molecule has 2 aliphatic rings. The highest BCUT2D eigenvalue weighted by molar-refractivity contribution is 5.82. The Kier molecular flexibility index (Phi) is 2.60. The quantitative estimate of drug-likeness (QED) is 0.739. The van der Waals surface area contributed by atoms with Gasteiger partial charge in [-0.1, -0.05) is 30.3 Å². The van der Waals surface area contributed by atoms with E-state index in [2.05, 4.69) is 18.7 Å². The van der Waals surface area contributed by atoms with Gasteiger partial charge in [0.25, 0.3) is 0 Å². The number of hydrogen-bond acceptors (Lipinski definition) is 2. The molecule has 2 heterocycles. The summed E-state index contributed by atoms with van der Waals surface area (Å²) in [4.78, 5) is 12.1. The Morgan fingerprint density at radius 3 is 2.94 bits per heavy atom. The van der Waals surface area contributed by atoms with E-state index in [-0.39, 0.29) is 18.1 Å². The molecule has 0 spiro atoms. The number of hydrogen-bond donors (Lipinski definition) is 0. The number of ether oxygens (including phenoxy) is 1. The van der Waals surface area contributed by atoms with Crippen LogP contribution in [0, 0.1) is 5.92 Å². The second kappa shape index (κ2) is 4.11. The third-order valence-corrected chi connectivity index (χ3v) is 3.80. The predicted octanol–water partition coefficient (Wildman–Crippen LogP) is 3.35. The third-order valence-electron chi connectivity index (χ3n) is 3.80. The minimum atomic E-state index is 0.00788. The number of allylic oxidation sites excluding steroid dienone is 1. The standard InChI is InChI=1S/C15H16O2/c1-2-3-8-13(16)12-9-14-10-6-4-5-7-11(10)15(12)17-14/h2,4-7,12,14-15H,1,3,8-9H2/t12-,14-,15-/m1/s1. The second-order valence-corrected chi connectivity index (χ2v) is 4.81. The van der Waals surface area contributed by atoms with Crippen LogP contribution in [-0.2, 0) is 9.53 Å². The predicted molar refractivity (Wildman–Crippen MR) is 65.6 cm³/mol. The van der Waals surface area contributed by atoms with Gasteiger partial charge in [0, 0.05) is 6.42 Å². The molecule has 0 aromatic heterocycles. The molecule has 1 fully saturated rings. The summed E-state index contributed by atoms with van der Waals surface area (Å²) in [7, 11) is 0. The van der Waals surface area contributed by atoms with Crippen molar-refractivity contribution in [1.82, 2.24) is 0 Å². The van der Waals surface area contributed by atoms with Crippen LogP contribution in [0.1, 0.15) is 42.6 Å². The van der Waals surface area contributed by atoms with Gasteiger partial charge in [-0.2, -0.15) is 0 Å². The zero-order valence-electron chi connectivity index (χ0n) is 9.76. The monoisotopic (exact) mass is 228 g/mol. The highest BCUT2D eigenvalue weighted by Gasteiger charge is 2.47. The van der Waals surface area contributed by atoms with Gasteiger partial charge >= 0.3 is 0 Å². The normalized spacial score (nSPS) is 29.1. The van der Waals surface area contributed by atoms with Crippen LogP contribution in [0.4, 0.5) is 0 Å². The fourth-order valence-corrected chi connectivity index (χ4v) is 2.97. The molecule has 88 valence electrons. The topological polar surface area (TPSA) is 26.3 Å². The molecule has 0 radical (unpaired) electrons. The Bertz CT molecular complexity index is 464. The lowest BCUT2D eigenvalue weighted by Gasteiger charge is -2.19. The first kappa shape index (κ1) is 10.7. The molecule has 3 rings (SSSR count). The summed E-state index contributed by atoms with van der Waals surface area (Å²) < 4.78 is 5.91. The maximum Gasteiger partial charge on any atom is 0.139 e. The van der Waals surface area contributed by atoms with E-state index < -0.39 is 0 Å². The Morgan fingerprint density at radius 2 is 2.18 bits per heavy atom. The molecular weight excluding hydrogens is 212 g/mol. The van der Waals surface area contributed by atoms with Crippen molar-refractivity contribution in [2.75, 3.05) is 0 Å². The van der Waals surface area contributed by atoms with Gasteiger partial charge in [0.2, 0.25) is 0 Å². The molecule has 0 saturated carbocycles. The minimum Gasteiger partial charge on any atom is -0.365 e. The average molecular weight is 228 g/mol. The Hall–Kier alpha value is -1.41. The molecule has 1 aromatic carbocycles. The van der Waals surface area contributed by atoms with Gasteiger partial charge < -0.3 is 4.74 Å². The van der Waals surface area contributed by atoms with E-state index in [1.807, 2.05) is 12.1 Å². The van der Waals surface area contributed by atoms with E-state index in [0.29, 0.717) is 12.2 Å². The summed E-state index contributed by atoms with van der Waals surface area (Å²) in [5.41, 5.74) is 2.51. The Labute approximate surface area is 101 Å². The molecule has 0 aliphatic carbocycles. The van der Waals surface area contributed by atoms with Crippen LogP contribution in [0.25, 0.3) is 0 Å². The van der Waals surface area contributed by atoms with E-state index in [0.717, 1.165) is 12.8 Å². The second-order valence-electron chi connectivity index (χ2n) is 4.81. The first-order valence-corrected chi connectivity index (χ1v) is 6.19. The molecule has 0 amide bonds. The van der Waals surface area contributed by atoms with Crippen molar-refractivity contribution in [3.05, 3.63) is 48.0 Å². The number of Topliss-reactive ketones (excluding diaryl/α,β-unsaturated/α-hetero) is 1. The number of benzene rings is 1. The van der Waals surface area contributed by atoms with E-state index >= 15 is 0 Å². The average Bonchev–Trinajstić information content (AvgIpc) is 2.95. The Balaban J connectivity index is 1.81. The fraction of sp³-hybridized carbons (Fsp3) is 0.400. The summed E-state index contributed by atoms with van der Waals surface area (Å²) in [6.07, 6.45) is 4.19. The van der Waals surface area contributed by atoms with E-state index in [9.17, 15) is 4.79 Å². The molecule has 1 saturated heterocycles.